The minimum atomic E-state index is 0.768. The molecule has 0 fully saturated rings. The average molecular weight is 258 g/mol. The molecule has 1 rings (SSSR count). The van der Waals surface area contributed by atoms with E-state index in [4.69, 9.17) is 5.73 Å². The third kappa shape index (κ3) is 3.95. The SMILES string of the molecule is NCCCCC#Cc1cscc1Br. The summed E-state index contributed by atoms with van der Waals surface area (Å²) in [5.41, 5.74) is 6.47. The second kappa shape index (κ2) is 6.20. The first kappa shape index (κ1) is 10.8. The monoisotopic (exact) mass is 257 g/mol. The van der Waals surface area contributed by atoms with Crippen LogP contribution in [0.3, 0.4) is 0 Å². The number of nitrogens with two attached hydrogens (primary N) is 1. The van der Waals surface area contributed by atoms with E-state index < -0.39 is 0 Å². The molecule has 1 heterocycles. The molecule has 0 spiro atoms. The maximum absolute atomic E-state index is 5.38. The standard InChI is InChI=1S/C10H12BrNS/c11-10-8-13-7-9(10)5-3-1-2-4-6-12/h7-8H,1-2,4,6,12H2. The van der Waals surface area contributed by atoms with Crippen LogP contribution >= 0.6 is 27.3 Å². The molecule has 0 aromatic carbocycles. The van der Waals surface area contributed by atoms with Gasteiger partial charge in [-0.25, -0.2) is 0 Å². The van der Waals surface area contributed by atoms with E-state index in [0.717, 1.165) is 35.8 Å². The van der Waals surface area contributed by atoms with Gasteiger partial charge in [-0.15, -0.1) is 11.3 Å². The Balaban J connectivity index is 2.35. The Morgan fingerprint density at radius 3 is 2.85 bits per heavy atom. The second-order valence-electron chi connectivity index (χ2n) is 2.68. The summed E-state index contributed by atoms with van der Waals surface area (Å²) < 4.78 is 1.10. The van der Waals surface area contributed by atoms with Gasteiger partial charge in [-0.05, 0) is 35.3 Å². The van der Waals surface area contributed by atoms with Gasteiger partial charge in [0.25, 0.3) is 0 Å². The average Bonchev–Trinajstić information content (AvgIpc) is 2.52. The van der Waals surface area contributed by atoms with E-state index in [1.165, 1.54) is 0 Å². The molecule has 1 aromatic rings. The Bertz CT molecular complexity index is 308. The highest BCUT2D eigenvalue weighted by molar-refractivity contribution is 9.10. The number of halogens is 1. The maximum atomic E-state index is 5.38. The Morgan fingerprint density at radius 2 is 2.23 bits per heavy atom. The summed E-state index contributed by atoms with van der Waals surface area (Å²) in [4.78, 5) is 0. The van der Waals surface area contributed by atoms with Crippen molar-refractivity contribution in [2.75, 3.05) is 6.54 Å². The first-order valence-corrected chi connectivity index (χ1v) is 5.99. The molecule has 2 N–H and O–H groups in total. The van der Waals surface area contributed by atoms with Gasteiger partial charge in [0.05, 0.1) is 0 Å². The van der Waals surface area contributed by atoms with E-state index >= 15 is 0 Å². The van der Waals surface area contributed by atoms with Gasteiger partial charge in [0.15, 0.2) is 0 Å². The van der Waals surface area contributed by atoms with Crippen LogP contribution in [-0.4, -0.2) is 6.54 Å². The molecule has 0 bridgehead atoms. The minimum Gasteiger partial charge on any atom is -0.330 e. The Labute approximate surface area is 91.5 Å². The Kier molecular flexibility index (Phi) is 5.14. The van der Waals surface area contributed by atoms with Crippen molar-refractivity contribution in [1.29, 1.82) is 0 Å². The molecular formula is C10H12BrNS. The summed E-state index contributed by atoms with van der Waals surface area (Å²) >= 11 is 5.10. The number of thiophene rings is 1. The molecule has 0 aliphatic heterocycles. The third-order valence-corrected chi connectivity index (χ3v) is 3.30. The molecule has 0 saturated carbocycles. The van der Waals surface area contributed by atoms with Crippen molar-refractivity contribution in [3.63, 3.8) is 0 Å². The number of hydrogen-bond donors (Lipinski definition) is 1. The van der Waals surface area contributed by atoms with Crippen LogP contribution in [0, 0.1) is 11.8 Å². The largest absolute Gasteiger partial charge is 0.330 e. The van der Waals surface area contributed by atoms with Crippen LogP contribution in [-0.2, 0) is 0 Å². The zero-order valence-electron chi connectivity index (χ0n) is 7.35. The van der Waals surface area contributed by atoms with Crippen LogP contribution in [0.1, 0.15) is 24.8 Å². The third-order valence-electron chi connectivity index (χ3n) is 1.59. The molecule has 0 aliphatic rings. The van der Waals surface area contributed by atoms with Crippen LogP contribution in [0.5, 0.6) is 0 Å². The maximum Gasteiger partial charge on any atom is 0.0494 e. The summed E-state index contributed by atoms with van der Waals surface area (Å²) in [7, 11) is 0. The van der Waals surface area contributed by atoms with Crippen LogP contribution in [0.4, 0.5) is 0 Å². The van der Waals surface area contributed by atoms with Gasteiger partial charge < -0.3 is 5.73 Å². The molecule has 0 amide bonds. The normalized spacial score (nSPS) is 9.38. The smallest absolute Gasteiger partial charge is 0.0494 e. The zero-order valence-corrected chi connectivity index (χ0v) is 9.75. The van der Waals surface area contributed by atoms with Gasteiger partial charge in [-0.1, -0.05) is 11.8 Å². The minimum absolute atomic E-state index is 0.768. The van der Waals surface area contributed by atoms with Crippen LogP contribution < -0.4 is 5.73 Å². The first-order valence-electron chi connectivity index (χ1n) is 4.25. The molecule has 0 atom stereocenters. The zero-order chi connectivity index (χ0) is 9.52. The summed E-state index contributed by atoms with van der Waals surface area (Å²) in [6.45, 7) is 0.768. The highest BCUT2D eigenvalue weighted by Gasteiger charge is 1.94. The van der Waals surface area contributed by atoms with E-state index in [1.807, 2.05) is 5.38 Å². The van der Waals surface area contributed by atoms with Crippen molar-refractivity contribution in [2.24, 2.45) is 5.73 Å². The molecule has 0 radical (unpaired) electrons. The van der Waals surface area contributed by atoms with Crippen molar-refractivity contribution in [3.05, 3.63) is 20.8 Å². The van der Waals surface area contributed by atoms with Gasteiger partial charge >= 0.3 is 0 Å². The summed E-state index contributed by atoms with van der Waals surface area (Å²) in [6, 6.07) is 0. The fourth-order valence-corrected chi connectivity index (χ4v) is 2.21. The van der Waals surface area contributed by atoms with Crippen molar-refractivity contribution in [2.45, 2.75) is 19.3 Å². The second-order valence-corrected chi connectivity index (χ2v) is 4.28. The van der Waals surface area contributed by atoms with Crippen molar-refractivity contribution >= 4 is 27.3 Å². The molecule has 70 valence electrons. The lowest BCUT2D eigenvalue weighted by molar-refractivity contribution is 0.768. The van der Waals surface area contributed by atoms with Crippen LogP contribution in [0.15, 0.2) is 15.2 Å². The van der Waals surface area contributed by atoms with E-state index in [9.17, 15) is 0 Å². The molecule has 13 heavy (non-hydrogen) atoms. The molecular weight excluding hydrogens is 246 g/mol. The predicted octanol–water partition coefficient (Wildman–Crippen LogP) is 2.99. The first-order chi connectivity index (χ1) is 6.34. The van der Waals surface area contributed by atoms with E-state index in [0.29, 0.717) is 0 Å². The van der Waals surface area contributed by atoms with E-state index in [-0.39, 0.29) is 0 Å². The van der Waals surface area contributed by atoms with Gasteiger partial charge in [-0.2, -0.15) is 0 Å². The molecule has 0 aliphatic carbocycles. The topological polar surface area (TPSA) is 26.0 Å². The fraction of sp³-hybridized carbons (Fsp3) is 0.400. The fourth-order valence-electron chi connectivity index (χ4n) is 0.886. The Hall–Kier alpha value is -0.300. The van der Waals surface area contributed by atoms with Crippen molar-refractivity contribution in [3.8, 4) is 11.8 Å². The highest BCUT2D eigenvalue weighted by atomic mass is 79.9. The molecule has 0 saturated heterocycles. The number of rotatable bonds is 3. The molecule has 1 nitrogen and oxygen atoms in total. The lowest BCUT2D eigenvalue weighted by atomic mass is 10.2. The van der Waals surface area contributed by atoms with Crippen molar-refractivity contribution in [1.82, 2.24) is 0 Å². The van der Waals surface area contributed by atoms with Crippen LogP contribution in [0.2, 0.25) is 0 Å². The highest BCUT2D eigenvalue weighted by Crippen LogP contribution is 2.19. The number of hydrogen-bond acceptors (Lipinski definition) is 2. The molecule has 1 aromatic heterocycles. The summed E-state index contributed by atoms with van der Waals surface area (Å²) in [5.74, 6) is 6.26. The van der Waals surface area contributed by atoms with E-state index in [1.54, 1.807) is 11.3 Å². The predicted molar refractivity (Wildman–Crippen MR) is 61.8 cm³/mol. The molecule has 3 heteroatoms. The van der Waals surface area contributed by atoms with Gasteiger partial charge in [0.2, 0.25) is 0 Å². The summed E-state index contributed by atoms with van der Waals surface area (Å²) in [6.07, 6.45) is 3.12. The lowest BCUT2D eigenvalue weighted by Gasteiger charge is -1.88. The van der Waals surface area contributed by atoms with Gasteiger partial charge in [0.1, 0.15) is 0 Å². The quantitative estimate of drug-likeness (QED) is 0.654. The summed E-state index contributed by atoms with van der Waals surface area (Å²) in [5, 5.41) is 4.10. The van der Waals surface area contributed by atoms with Crippen molar-refractivity contribution < 1.29 is 0 Å². The Morgan fingerprint density at radius 1 is 1.38 bits per heavy atom. The number of unbranched alkanes of at least 4 members (excludes halogenated alkanes) is 2. The van der Waals surface area contributed by atoms with Gasteiger partial charge in [-0.3, -0.25) is 0 Å². The van der Waals surface area contributed by atoms with Gasteiger partial charge in [0, 0.05) is 27.2 Å². The van der Waals surface area contributed by atoms with Crippen LogP contribution in [0.25, 0.3) is 0 Å². The molecule has 0 unspecified atom stereocenters. The van der Waals surface area contributed by atoms with E-state index in [2.05, 4.69) is 33.2 Å². The lowest BCUT2D eigenvalue weighted by Crippen LogP contribution is -1.96.